The molecule has 0 radical (unpaired) electrons. The Labute approximate surface area is 190 Å². The van der Waals surface area contributed by atoms with Gasteiger partial charge in [0, 0.05) is 21.2 Å². The summed E-state index contributed by atoms with van der Waals surface area (Å²) >= 11 is 12.0. The van der Waals surface area contributed by atoms with Crippen molar-refractivity contribution >= 4 is 35.3 Å². The van der Waals surface area contributed by atoms with E-state index < -0.39 is 0 Å². The number of benzene rings is 3. The molecule has 3 aromatic carbocycles. The lowest BCUT2D eigenvalue weighted by Gasteiger charge is -2.09. The predicted octanol–water partition coefficient (Wildman–Crippen LogP) is 5.44. The van der Waals surface area contributed by atoms with Gasteiger partial charge in [-0.1, -0.05) is 29.3 Å². The number of phenolic OH excluding ortho intramolecular Hbond substituents is 1. The minimum absolute atomic E-state index is 0.0451. The van der Waals surface area contributed by atoms with Crippen LogP contribution in [0.3, 0.4) is 0 Å². The summed E-state index contributed by atoms with van der Waals surface area (Å²) in [5.74, 6) is 0.628. The number of ether oxygens (including phenoxy) is 2. The highest BCUT2D eigenvalue weighted by molar-refractivity contribution is 6.35. The molecule has 1 amide bonds. The second-order valence-corrected chi connectivity index (χ2v) is 7.25. The average molecular weight is 459 g/mol. The van der Waals surface area contributed by atoms with Gasteiger partial charge in [-0.25, -0.2) is 5.43 Å². The van der Waals surface area contributed by atoms with Gasteiger partial charge in [-0.2, -0.15) is 5.10 Å². The molecule has 0 spiro atoms. The molecule has 0 saturated heterocycles. The summed E-state index contributed by atoms with van der Waals surface area (Å²) in [4.78, 5) is 12.3. The zero-order chi connectivity index (χ0) is 22.2. The first kappa shape index (κ1) is 22.5. The van der Waals surface area contributed by atoms with Crippen molar-refractivity contribution in [3.8, 4) is 17.2 Å². The number of carbonyl (C=O) groups is 1. The molecule has 2 N–H and O–H groups in total. The number of rotatable bonds is 8. The Morgan fingerprint density at radius 1 is 1.06 bits per heavy atom. The summed E-state index contributed by atoms with van der Waals surface area (Å²) < 4.78 is 11.0. The fourth-order valence-electron chi connectivity index (χ4n) is 2.61. The number of phenols is 1. The zero-order valence-corrected chi connectivity index (χ0v) is 18.2. The number of amides is 1. The first-order valence-corrected chi connectivity index (χ1v) is 10.2. The Morgan fingerprint density at radius 2 is 1.84 bits per heavy atom. The number of hydrazone groups is 1. The summed E-state index contributed by atoms with van der Waals surface area (Å²) in [5.41, 5.74) is 4.37. The molecular formula is C23H20Cl2N2O4. The second-order valence-electron chi connectivity index (χ2n) is 6.41. The SMILES string of the molecule is CCOc1cc(/C=N/NC(=O)c2ccc(OCc3ccc(Cl)cc3Cl)cc2)ccc1O. The first-order chi connectivity index (χ1) is 15.0. The van der Waals surface area contributed by atoms with Gasteiger partial charge >= 0.3 is 0 Å². The number of hydrogen-bond acceptors (Lipinski definition) is 5. The highest BCUT2D eigenvalue weighted by atomic mass is 35.5. The van der Waals surface area contributed by atoms with Crippen LogP contribution in [0.5, 0.6) is 17.2 Å². The predicted molar refractivity (Wildman–Crippen MR) is 122 cm³/mol. The van der Waals surface area contributed by atoms with Gasteiger partial charge in [0.05, 0.1) is 12.8 Å². The number of hydrogen-bond donors (Lipinski definition) is 2. The number of carbonyl (C=O) groups excluding carboxylic acids is 1. The maximum atomic E-state index is 12.3. The van der Waals surface area contributed by atoms with E-state index >= 15 is 0 Å². The monoisotopic (exact) mass is 458 g/mol. The van der Waals surface area contributed by atoms with Crippen molar-refractivity contribution in [3.63, 3.8) is 0 Å². The van der Waals surface area contributed by atoms with E-state index in [0.29, 0.717) is 39.3 Å². The van der Waals surface area contributed by atoms with E-state index in [1.807, 2.05) is 6.92 Å². The normalized spacial score (nSPS) is 10.8. The van der Waals surface area contributed by atoms with Crippen molar-refractivity contribution in [2.75, 3.05) is 6.61 Å². The average Bonchev–Trinajstić information content (AvgIpc) is 2.76. The number of halogens is 2. The van der Waals surface area contributed by atoms with Crippen molar-refractivity contribution in [1.29, 1.82) is 0 Å². The molecule has 31 heavy (non-hydrogen) atoms. The summed E-state index contributed by atoms with van der Waals surface area (Å²) in [6.45, 7) is 2.53. The molecule has 0 aliphatic carbocycles. The van der Waals surface area contributed by atoms with E-state index in [4.69, 9.17) is 32.7 Å². The van der Waals surface area contributed by atoms with Gasteiger partial charge in [0.25, 0.3) is 5.91 Å². The molecule has 0 heterocycles. The molecule has 0 aliphatic rings. The van der Waals surface area contributed by atoms with Gasteiger partial charge in [0.15, 0.2) is 11.5 Å². The van der Waals surface area contributed by atoms with E-state index in [1.165, 1.54) is 12.3 Å². The van der Waals surface area contributed by atoms with Crippen LogP contribution in [0.15, 0.2) is 65.8 Å². The number of nitrogens with one attached hydrogen (secondary N) is 1. The van der Waals surface area contributed by atoms with E-state index in [9.17, 15) is 9.90 Å². The molecule has 0 aliphatic heterocycles. The standard InChI is InChI=1S/C23H20Cl2N2O4/c1-2-30-22-11-15(3-10-21(22)28)13-26-27-23(29)16-5-8-19(9-6-16)31-14-17-4-7-18(24)12-20(17)25/h3-13,28H,2,14H2,1H3,(H,27,29)/b26-13+. The number of aromatic hydroxyl groups is 1. The minimum Gasteiger partial charge on any atom is -0.504 e. The van der Waals surface area contributed by atoms with Crippen LogP contribution >= 0.6 is 23.2 Å². The van der Waals surface area contributed by atoms with Crippen molar-refractivity contribution in [2.45, 2.75) is 13.5 Å². The van der Waals surface area contributed by atoms with Crippen molar-refractivity contribution in [3.05, 3.63) is 87.4 Å². The Kier molecular flexibility index (Phi) is 7.76. The van der Waals surface area contributed by atoms with Gasteiger partial charge in [-0.15, -0.1) is 0 Å². The molecule has 8 heteroatoms. The molecule has 0 unspecified atom stereocenters. The van der Waals surface area contributed by atoms with Crippen LogP contribution in [0.4, 0.5) is 0 Å². The molecule has 6 nitrogen and oxygen atoms in total. The molecule has 0 atom stereocenters. The lowest BCUT2D eigenvalue weighted by Crippen LogP contribution is -2.17. The van der Waals surface area contributed by atoms with E-state index in [2.05, 4.69) is 10.5 Å². The molecule has 3 aromatic rings. The van der Waals surface area contributed by atoms with Crippen LogP contribution in [-0.4, -0.2) is 23.8 Å². The van der Waals surface area contributed by atoms with Crippen LogP contribution in [0.25, 0.3) is 0 Å². The smallest absolute Gasteiger partial charge is 0.271 e. The third-order valence-electron chi connectivity index (χ3n) is 4.19. The van der Waals surface area contributed by atoms with Crippen LogP contribution < -0.4 is 14.9 Å². The van der Waals surface area contributed by atoms with E-state index in [1.54, 1.807) is 54.6 Å². The van der Waals surface area contributed by atoms with Gasteiger partial charge in [-0.3, -0.25) is 4.79 Å². The largest absolute Gasteiger partial charge is 0.504 e. The van der Waals surface area contributed by atoms with Gasteiger partial charge < -0.3 is 14.6 Å². The fraction of sp³-hybridized carbons (Fsp3) is 0.130. The van der Waals surface area contributed by atoms with Crippen LogP contribution in [0, 0.1) is 0 Å². The summed E-state index contributed by atoms with van der Waals surface area (Å²) in [6.07, 6.45) is 1.47. The van der Waals surface area contributed by atoms with Crippen molar-refractivity contribution in [1.82, 2.24) is 5.43 Å². The molecule has 0 aromatic heterocycles. The molecular weight excluding hydrogens is 439 g/mol. The molecule has 160 valence electrons. The molecule has 0 bridgehead atoms. The lowest BCUT2D eigenvalue weighted by atomic mass is 10.2. The highest BCUT2D eigenvalue weighted by Gasteiger charge is 2.07. The van der Waals surface area contributed by atoms with Crippen LogP contribution in [-0.2, 0) is 6.61 Å². The third kappa shape index (κ3) is 6.38. The van der Waals surface area contributed by atoms with Crippen molar-refractivity contribution < 1.29 is 19.4 Å². The second kappa shape index (κ2) is 10.7. The Bertz CT molecular complexity index is 1090. The third-order valence-corrected chi connectivity index (χ3v) is 4.78. The number of nitrogens with zero attached hydrogens (tertiary/aromatic N) is 1. The highest BCUT2D eigenvalue weighted by Crippen LogP contribution is 2.26. The molecule has 3 rings (SSSR count). The molecule has 0 saturated carbocycles. The maximum absolute atomic E-state index is 12.3. The van der Waals surface area contributed by atoms with Crippen molar-refractivity contribution in [2.24, 2.45) is 5.10 Å². The quantitative estimate of drug-likeness (QED) is 0.347. The van der Waals surface area contributed by atoms with Crippen LogP contribution in [0.1, 0.15) is 28.4 Å². The first-order valence-electron chi connectivity index (χ1n) is 9.42. The summed E-state index contributed by atoms with van der Waals surface area (Å²) in [7, 11) is 0. The zero-order valence-electron chi connectivity index (χ0n) is 16.6. The van der Waals surface area contributed by atoms with Gasteiger partial charge in [0.1, 0.15) is 12.4 Å². The van der Waals surface area contributed by atoms with Gasteiger partial charge in [0.2, 0.25) is 0 Å². The Morgan fingerprint density at radius 3 is 2.55 bits per heavy atom. The summed E-state index contributed by atoms with van der Waals surface area (Å²) in [5, 5.41) is 14.8. The van der Waals surface area contributed by atoms with E-state index in [0.717, 1.165) is 5.56 Å². The lowest BCUT2D eigenvalue weighted by molar-refractivity contribution is 0.0955. The molecule has 0 fully saturated rings. The topological polar surface area (TPSA) is 80.2 Å². The van der Waals surface area contributed by atoms with Gasteiger partial charge in [-0.05, 0) is 67.1 Å². The fourth-order valence-corrected chi connectivity index (χ4v) is 3.08. The Balaban J connectivity index is 1.55. The Hall–Kier alpha value is -3.22. The maximum Gasteiger partial charge on any atom is 0.271 e. The van der Waals surface area contributed by atoms with Crippen LogP contribution in [0.2, 0.25) is 10.0 Å². The minimum atomic E-state index is -0.368. The van der Waals surface area contributed by atoms with E-state index in [-0.39, 0.29) is 18.3 Å². The summed E-state index contributed by atoms with van der Waals surface area (Å²) in [6, 6.07) is 16.7.